The molecule has 3 nitrogen and oxygen atoms in total. The molecule has 1 aromatic carbocycles. The molecule has 2 atom stereocenters. The van der Waals surface area contributed by atoms with Gasteiger partial charge in [-0.3, -0.25) is 0 Å². The van der Waals surface area contributed by atoms with Crippen molar-refractivity contribution in [3.05, 3.63) is 55.0 Å². The minimum atomic E-state index is -0.220. The van der Waals surface area contributed by atoms with Crippen molar-refractivity contribution in [2.75, 3.05) is 0 Å². The monoisotopic (exact) mass is 256 g/mol. The normalized spacial score (nSPS) is 27.0. The van der Waals surface area contributed by atoms with Gasteiger partial charge in [0, 0.05) is 18.9 Å². The number of aliphatic hydroxyl groups excluding tert-OH is 1. The number of nitrogens with zero attached hydrogens (tertiary/aromatic N) is 2. The van der Waals surface area contributed by atoms with Gasteiger partial charge in [-0.1, -0.05) is 43.2 Å². The van der Waals surface area contributed by atoms with E-state index in [4.69, 9.17) is 0 Å². The van der Waals surface area contributed by atoms with Crippen molar-refractivity contribution in [3.8, 4) is 0 Å². The predicted molar refractivity (Wildman–Crippen MR) is 74.5 cm³/mol. The lowest BCUT2D eigenvalue weighted by Gasteiger charge is -2.34. The second-order valence-electron chi connectivity index (χ2n) is 5.34. The first kappa shape index (κ1) is 12.5. The average molecular weight is 256 g/mol. The van der Waals surface area contributed by atoms with E-state index in [9.17, 15) is 5.11 Å². The SMILES string of the molecule is OC1CCCCC1N1[C]N(Cc2ccccc2)C=C1. The number of hydrogen-bond donors (Lipinski definition) is 1. The average Bonchev–Trinajstić information content (AvgIpc) is 2.89. The molecule has 1 aliphatic heterocycles. The molecule has 1 saturated carbocycles. The molecule has 0 bridgehead atoms. The maximum absolute atomic E-state index is 10.1. The zero-order valence-electron chi connectivity index (χ0n) is 11.1. The van der Waals surface area contributed by atoms with Crippen molar-refractivity contribution in [1.29, 1.82) is 0 Å². The van der Waals surface area contributed by atoms with Gasteiger partial charge in [-0.05, 0) is 18.4 Å². The Morgan fingerprint density at radius 1 is 1.11 bits per heavy atom. The lowest BCUT2D eigenvalue weighted by Crippen LogP contribution is -2.41. The zero-order chi connectivity index (χ0) is 13.1. The van der Waals surface area contributed by atoms with Crippen molar-refractivity contribution in [2.45, 2.75) is 44.4 Å². The van der Waals surface area contributed by atoms with E-state index in [-0.39, 0.29) is 12.1 Å². The van der Waals surface area contributed by atoms with Crippen molar-refractivity contribution in [3.63, 3.8) is 0 Å². The van der Waals surface area contributed by atoms with Crippen molar-refractivity contribution < 1.29 is 5.11 Å². The van der Waals surface area contributed by atoms with E-state index in [0.717, 1.165) is 25.8 Å². The second kappa shape index (κ2) is 5.66. The fourth-order valence-corrected chi connectivity index (χ4v) is 2.84. The van der Waals surface area contributed by atoms with Crippen LogP contribution in [0, 0.1) is 6.67 Å². The molecule has 1 aliphatic carbocycles. The Balaban J connectivity index is 1.57. The van der Waals surface area contributed by atoms with Gasteiger partial charge < -0.3 is 14.9 Å². The maximum atomic E-state index is 10.1. The molecule has 0 spiro atoms. The fourth-order valence-electron chi connectivity index (χ4n) is 2.84. The largest absolute Gasteiger partial charge is 0.391 e. The zero-order valence-corrected chi connectivity index (χ0v) is 11.1. The molecule has 2 radical (unpaired) electrons. The summed E-state index contributed by atoms with van der Waals surface area (Å²) in [4.78, 5) is 4.10. The Morgan fingerprint density at radius 3 is 2.68 bits per heavy atom. The first-order valence-corrected chi connectivity index (χ1v) is 7.04. The molecule has 2 aliphatic rings. The summed E-state index contributed by atoms with van der Waals surface area (Å²) in [5.74, 6) is 0. The molecule has 3 heteroatoms. The van der Waals surface area contributed by atoms with Crippen LogP contribution in [0.5, 0.6) is 0 Å². The third-order valence-corrected chi connectivity index (χ3v) is 3.90. The highest BCUT2D eigenvalue weighted by Crippen LogP contribution is 2.27. The van der Waals surface area contributed by atoms with Crippen molar-refractivity contribution in [1.82, 2.24) is 9.80 Å². The lowest BCUT2D eigenvalue weighted by atomic mass is 9.92. The molecule has 1 heterocycles. The minimum Gasteiger partial charge on any atom is -0.391 e. The topological polar surface area (TPSA) is 26.7 Å². The van der Waals surface area contributed by atoms with E-state index in [1.807, 2.05) is 23.4 Å². The number of rotatable bonds is 3. The second-order valence-corrected chi connectivity index (χ2v) is 5.34. The Morgan fingerprint density at radius 2 is 1.89 bits per heavy atom. The van der Waals surface area contributed by atoms with Crippen LogP contribution in [-0.4, -0.2) is 27.1 Å². The van der Waals surface area contributed by atoms with E-state index in [1.165, 1.54) is 12.0 Å². The number of benzene rings is 1. The Bertz CT molecular complexity index is 432. The Hall–Kier alpha value is -1.48. The first-order valence-electron chi connectivity index (χ1n) is 7.04. The quantitative estimate of drug-likeness (QED) is 0.900. The molecule has 0 amide bonds. The van der Waals surface area contributed by atoms with Crippen molar-refractivity contribution >= 4 is 0 Å². The van der Waals surface area contributed by atoms with Gasteiger partial charge in [-0.15, -0.1) is 0 Å². The molecule has 1 aromatic rings. The summed E-state index contributed by atoms with van der Waals surface area (Å²) in [5.41, 5.74) is 1.27. The molecule has 100 valence electrons. The van der Waals surface area contributed by atoms with Crippen LogP contribution in [0.4, 0.5) is 0 Å². The van der Waals surface area contributed by atoms with E-state index in [1.54, 1.807) is 0 Å². The molecular formula is C16H20N2O. The van der Waals surface area contributed by atoms with Crippen LogP contribution in [0.25, 0.3) is 0 Å². The Labute approximate surface area is 115 Å². The van der Waals surface area contributed by atoms with Crippen LogP contribution in [0.3, 0.4) is 0 Å². The van der Waals surface area contributed by atoms with Crippen LogP contribution >= 0.6 is 0 Å². The van der Waals surface area contributed by atoms with Gasteiger partial charge in [-0.2, -0.15) is 0 Å². The fraction of sp³-hybridized carbons (Fsp3) is 0.438. The summed E-state index contributed by atoms with van der Waals surface area (Å²) in [6, 6.07) is 10.6. The number of aliphatic hydroxyl groups is 1. The molecule has 2 unspecified atom stereocenters. The summed E-state index contributed by atoms with van der Waals surface area (Å²) >= 11 is 0. The van der Waals surface area contributed by atoms with Gasteiger partial charge in [0.2, 0.25) is 6.67 Å². The third-order valence-electron chi connectivity index (χ3n) is 3.90. The van der Waals surface area contributed by atoms with Crippen LogP contribution in [0.15, 0.2) is 42.7 Å². The summed E-state index contributed by atoms with van der Waals surface area (Å²) in [6.07, 6.45) is 8.15. The van der Waals surface area contributed by atoms with E-state index in [0.29, 0.717) is 0 Å². The van der Waals surface area contributed by atoms with Crippen LogP contribution in [0.1, 0.15) is 31.2 Å². The van der Waals surface area contributed by atoms with E-state index < -0.39 is 0 Å². The van der Waals surface area contributed by atoms with Gasteiger partial charge in [0.15, 0.2) is 0 Å². The summed E-state index contributed by atoms with van der Waals surface area (Å²) in [5, 5.41) is 10.1. The van der Waals surface area contributed by atoms with Crippen molar-refractivity contribution in [2.24, 2.45) is 0 Å². The molecule has 0 saturated heterocycles. The highest BCUT2D eigenvalue weighted by atomic mass is 16.3. The molecular weight excluding hydrogens is 236 g/mol. The molecule has 1 N–H and O–H groups in total. The van der Waals surface area contributed by atoms with Crippen LogP contribution in [0.2, 0.25) is 0 Å². The highest BCUT2D eigenvalue weighted by molar-refractivity contribution is 5.16. The van der Waals surface area contributed by atoms with Crippen LogP contribution < -0.4 is 0 Å². The van der Waals surface area contributed by atoms with E-state index in [2.05, 4.69) is 35.8 Å². The third kappa shape index (κ3) is 2.92. The van der Waals surface area contributed by atoms with Gasteiger partial charge in [0.1, 0.15) is 0 Å². The standard InChI is InChI=1S/C16H20N2O/c19-16-9-5-4-8-15(16)18-11-10-17(13-18)12-14-6-2-1-3-7-14/h1-3,6-7,10-11,15-16,19H,4-5,8-9,12H2. The first-order chi connectivity index (χ1) is 9.33. The lowest BCUT2D eigenvalue weighted by molar-refractivity contribution is 0.0479. The molecule has 1 fully saturated rings. The van der Waals surface area contributed by atoms with Crippen LogP contribution in [-0.2, 0) is 6.54 Å². The predicted octanol–water partition coefficient (Wildman–Crippen LogP) is 2.58. The Kier molecular flexibility index (Phi) is 3.74. The summed E-state index contributed by atoms with van der Waals surface area (Å²) in [6.45, 7) is 4.17. The highest BCUT2D eigenvalue weighted by Gasteiger charge is 2.30. The molecule has 19 heavy (non-hydrogen) atoms. The summed E-state index contributed by atoms with van der Waals surface area (Å²) < 4.78 is 0. The molecule has 3 rings (SSSR count). The van der Waals surface area contributed by atoms with Gasteiger partial charge in [0.25, 0.3) is 0 Å². The number of hydrogen-bond acceptors (Lipinski definition) is 3. The molecule has 0 aromatic heterocycles. The summed E-state index contributed by atoms with van der Waals surface area (Å²) in [7, 11) is 0. The van der Waals surface area contributed by atoms with Gasteiger partial charge >= 0.3 is 0 Å². The maximum Gasteiger partial charge on any atom is 0.208 e. The minimum absolute atomic E-state index is 0.200. The van der Waals surface area contributed by atoms with Gasteiger partial charge in [-0.25, -0.2) is 0 Å². The van der Waals surface area contributed by atoms with E-state index >= 15 is 0 Å². The van der Waals surface area contributed by atoms with Gasteiger partial charge in [0.05, 0.1) is 12.1 Å². The smallest absolute Gasteiger partial charge is 0.208 e.